The van der Waals surface area contributed by atoms with Crippen LogP contribution in [0.3, 0.4) is 0 Å². The molecule has 0 saturated carbocycles. The number of nitrogens with zero attached hydrogens (tertiary/aromatic N) is 1. The second kappa shape index (κ2) is 7.34. The maximum absolute atomic E-state index is 12.7. The van der Waals surface area contributed by atoms with Gasteiger partial charge in [0.05, 0.1) is 12.3 Å². The number of aromatic nitrogens is 1. The molecule has 130 valence electrons. The number of anilines is 1. The number of aryl methyl sites for hydroxylation is 1. The summed E-state index contributed by atoms with van der Waals surface area (Å²) in [5, 5.41) is 5.93. The Morgan fingerprint density at radius 1 is 1.28 bits per heavy atom. The number of ether oxygens (including phenoxy) is 1. The Morgan fingerprint density at radius 3 is 2.76 bits per heavy atom. The summed E-state index contributed by atoms with van der Waals surface area (Å²) in [6.45, 7) is 4.98. The van der Waals surface area contributed by atoms with Gasteiger partial charge in [-0.2, -0.15) is 0 Å². The van der Waals surface area contributed by atoms with Crippen molar-refractivity contribution in [1.29, 1.82) is 0 Å². The Hall–Kier alpha value is -2.89. The fourth-order valence-corrected chi connectivity index (χ4v) is 2.70. The summed E-state index contributed by atoms with van der Waals surface area (Å²) in [5.41, 5.74) is 3.05. The first-order chi connectivity index (χ1) is 12.1. The Kier molecular flexibility index (Phi) is 4.97. The quantitative estimate of drug-likeness (QED) is 0.817. The van der Waals surface area contributed by atoms with Gasteiger partial charge in [0.1, 0.15) is 11.6 Å². The molecule has 0 fully saturated rings. The largest absolute Gasteiger partial charge is 0.478 e. The predicted octanol–water partition coefficient (Wildman–Crippen LogP) is 2.33. The van der Waals surface area contributed by atoms with Crippen molar-refractivity contribution in [2.45, 2.75) is 20.4 Å². The van der Waals surface area contributed by atoms with Gasteiger partial charge in [0.25, 0.3) is 0 Å². The number of rotatable bonds is 5. The van der Waals surface area contributed by atoms with E-state index in [1.807, 2.05) is 38.1 Å². The molecule has 1 amide bonds. The summed E-state index contributed by atoms with van der Waals surface area (Å²) in [5.74, 6) is -0.983. The summed E-state index contributed by atoms with van der Waals surface area (Å²) in [7, 11) is 0. The minimum atomic E-state index is -0.790. The minimum Gasteiger partial charge on any atom is -0.478 e. The van der Waals surface area contributed by atoms with Crippen LogP contribution in [-0.4, -0.2) is 29.8 Å². The average Bonchev–Trinajstić information content (AvgIpc) is 2.62. The lowest BCUT2D eigenvalue weighted by Gasteiger charge is -2.23. The van der Waals surface area contributed by atoms with E-state index in [1.165, 1.54) is 0 Å². The van der Waals surface area contributed by atoms with Gasteiger partial charge in [0.15, 0.2) is 5.78 Å². The van der Waals surface area contributed by atoms with E-state index in [2.05, 4.69) is 15.6 Å². The minimum absolute atomic E-state index is 0.257. The first-order valence-electron chi connectivity index (χ1n) is 8.33. The smallest absolute Gasteiger partial charge is 0.233 e. The number of carbonyl (C=O) groups excluding carboxylic acids is 2. The lowest BCUT2D eigenvalue weighted by molar-refractivity contribution is -0.123. The summed E-state index contributed by atoms with van der Waals surface area (Å²) in [6, 6.07) is 11.4. The van der Waals surface area contributed by atoms with Gasteiger partial charge in [-0.1, -0.05) is 29.8 Å². The highest BCUT2D eigenvalue weighted by Gasteiger charge is 2.34. The third kappa shape index (κ3) is 3.79. The number of benzene rings is 1. The van der Waals surface area contributed by atoms with E-state index in [0.29, 0.717) is 24.7 Å². The van der Waals surface area contributed by atoms with E-state index in [4.69, 9.17) is 4.74 Å². The van der Waals surface area contributed by atoms with Crippen molar-refractivity contribution in [2.24, 2.45) is 5.92 Å². The third-order valence-electron chi connectivity index (χ3n) is 4.11. The molecule has 6 nitrogen and oxygen atoms in total. The fourth-order valence-electron chi connectivity index (χ4n) is 2.70. The van der Waals surface area contributed by atoms with Gasteiger partial charge in [-0.05, 0) is 25.5 Å². The molecule has 0 bridgehead atoms. The monoisotopic (exact) mass is 339 g/mol. The SMILES string of the molecule is CCOc1ccc2c(n1)C(=O)C(C(=O)NCc1ccc(C)cc1)CN2. The highest BCUT2D eigenvalue weighted by molar-refractivity contribution is 6.13. The summed E-state index contributed by atoms with van der Waals surface area (Å²) >= 11 is 0. The zero-order valence-corrected chi connectivity index (χ0v) is 14.3. The van der Waals surface area contributed by atoms with Crippen LogP contribution in [0.1, 0.15) is 28.5 Å². The Bertz CT molecular complexity index is 787. The molecule has 1 aliphatic rings. The third-order valence-corrected chi connectivity index (χ3v) is 4.11. The second-order valence-corrected chi connectivity index (χ2v) is 5.98. The lowest BCUT2D eigenvalue weighted by Crippen LogP contribution is -2.42. The Balaban J connectivity index is 1.68. The number of pyridine rings is 1. The van der Waals surface area contributed by atoms with E-state index in [1.54, 1.807) is 12.1 Å². The molecular formula is C19H21N3O3. The molecule has 3 rings (SSSR count). The van der Waals surface area contributed by atoms with Crippen molar-refractivity contribution < 1.29 is 14.3 Å². The number of Topliss-reactive ketones (excluding diaryl/α,β-unsaturated/α-hetero) is 1. The van der Waals surface area contributed by atoms with Crippen LogP contribution in [0.5, 0.6) is 5.88 Å². The van der Waals surface area contributed by atoms with Gasteiger partial charge < -0.3 is 15.4 Å². The predicted molar refractivity (Wildman–Crippen MR) is 94.7 cm³/mol. The molecule has 1 atom stereocenters. The number of fused-ring (bicyclic) bond motifs is 1. The average molecular weight is 339 g/mol. The van der Waals surface area contributed by atoms with Crippen molar-refractivity contribution in [3.8, 4) is 5.88 Å². The van der Waals surface area contributed by atoms with Crippen LogP contribution in [0.4, 0.5) is 5.69 Å². The molecule has 2 aromatic rings. The van der Waals surface area contributed by atoms with Gasteiger partial charge in [-0.25, -0.2) is 4.98 Å². The fraction of sp³-hybridized carbons (Fsp3) is 0.316. The molecular weight excluding hydrogens is 318 g/mol. The van der Waals surface area contributed by atoms with Crippen LogP contribution >= 0.6 is 0 Å². The number of nitrogens with one attached hydrogen (secondary N) is 2. The van der Waals surface area contributed by atoms with Crippen LogP contribution in [0.25, 0.3) is 0 Å². The van der Waals surface area contributed by atoms with Gasteiger partial charge in [0.2, 0.25) is 11.8 Å². The highest BCUT2D eigenvalue weighted by atomic mass is 16.5. The normalized spacial score (nSPS) is 15.9. The first-order valence-corrected chi connectivity index (χ1v) is 8.33. The van der Waals surface area contributed by atoms with Crippen molar-refractivity contribution in [3.05, 3.63) is 53.2 Å². The van der Waals surface area contributed by atoms with Gasteiger partial charge in [-0.3, -0.25) is 9.59 Å². The Labute approximate surface area is 146 Å². The number of hydrogen-bond donors (Lipinski definition) is 2. The number of amides is 1. The molecule has 0 saturated heterocycles. The maximum Gasteiger partial charge on any atom is 0.233 e. The van der Waals surface area contributed by atoms with Crippen LogP contribution in [0.15, 0.2) is 36.4 Å². The summed E-state index contributed by atoms with van der Waals surface area (Å²) < 4.78 is 5.34. The molecule has 0 radical (unpaired) electrons. The number of hydrogen-bond acceptors (Lipinski definition) is 5. The molecule has 1 aliphatic heterocycles. The second-order valence-electron chi connectivity index (χ2n) is 5.98. The molecule has 1 unspecified atom stereocenters. The molecule has 25 heavy (non-hydrogen) atoms. The maximum atomic E-state index is 12.7. The van der Waals surface area contributed by atoms with Gasteiger partial charge in [-0.15, -0.1) is 0 Å². The van der Waals surface area contributed by atoms with E-state index in [9.17, 15) is 9.59 Å². The Morgan fingerprint density at radius 2 is 2.04 bits per heavy atom. The lowest BCUT2D eigenvalue weighted by atomic mass is 9.95. The standard InChI is InChI=1S/C19H21N3O3/c1-3-25-16-9-8-15-17(22-16)18(23)14(11-20-15)19(24)21-10-13-6-4-12(2)5-7-13/h4-9,14,20H,3,10-11H2,1-2H3,(H,21,24). The van der Waals surface area contributed by atoms with Crippen molar-refractivity contribution in [3.63, 3.8) is 0 Å². The summed E-state index contributed by atoms with van der Waals surface area (Å²) in [6.07, 6.45) is 0. The van der Waals surface area contributed by atoms with Crippen LogP contribution in [-0.2, 0) is 11.3 Å². The molecule has 0 spiro atoms. The van der Waals surface area contributed by atoms with Gasteiger partial charge in [0, 0.05) is 19.2 Å². The number of carbonyl (C=O) groups is 2. The van der Waals surface area contributed by atoms with E-state index in [0.717, 1.165) is 11.1 Å². The molecule has 1 aromatic carbocycles. The first kappa shape index (κ1) is 17.0. The van der Waals surface area contributed by atoms with E-state index < -0.39 is 5.92 Å². The van der Waals surface area contributed by atoms with Crippen molar-refractivity contribution >= 4 is 17.4 Å². The van der Waals surface area contributed by atoms with E-state index >= 15 is 0 Å². The highest BCUT2D eigenvalue weighted by Crippen LogP contribution is 2.25. The molecule has 0 aliphatic carbocycles. The van der Waals surface area contributed by atoms with Crippen LogP contribution < -0.4 is 15.4 Å². The summed E-state index contributed by atoms with van der Waals surface area (Å²) in [4.78, 5) is 29.3. The zero-order valence-electron chi connectivity index (χ0n) is 14.3. The molecule has 2 N–H and O–H groups in total. The molecule has 1 aromatic heterocycles. The van der Waals surface area contributed by atoms with E-state index in [-0.39, 0.29) is 23.9 Å². The van der Waals surface area contributed by atoms with Crippen molar-refractivity contribution in [1.82, 2.24) is 10.3 Å². The topological polar surface area (TPSA) is 80.3 Å². The molecule has 6 heteroatoms. The molecule has 2 heterocycles. The van der Waals surface area contributed by atoms with Gasteiger partial charge >= 0.3 is 0 Å². The number of ketones is 1. The van der Waals surface area contributed by atoms with Crippen LogP contribution in [0, 0.1) is 12.8 Å². The van der Waals surface area contributed by atoms with Crippen molar-refractivity contribution in [2.75, 3.05) is 18.5 Å². The van der Waals surface area contributed by atoms with Crippen LogP contribution in [0.2, 0.25) is 0 Å². The zero-order chi connectivity index (χ0) is 17.8.